The van der Waals surface area contributed by atoms with Gasteiger partial charge in [-0.25, -0.2) is 0 Å². The molecule has 0 aliphatic carbocycles. The molecule has 0 amide bonds. The smallest absolute Gasteiger partial charge is 0.00297 e. The summed E-state index contributed by atoms with van der Waals surface area (Å²) >= 11 is 0. The molecular formula is C12H18. The monoisotopic (exact) mass is 162 g/mol. The Morgan fingerprint density at radius 3 is 0.917 bits per heavy atom. The quantitative estimate of drug-likeness (QED) is 0.379. The number of terminal acetylenes is 3. The number of allylic oxidation sites excluding steroid dienone is 1. The van der Waals surface area contributed by atoms with Gasteiger partial charge in [-0.3, -0.25) is 0 Å². The molecule has 0 spiro atoms. The van der Waals surface area contributed by atoms with E-state index in [0.29, 0.717) is 0 Å². The van der Waals surface area contributed by atoms with Gasteiger partial charge in [0, 0.05) is 0 Å². The lowest BCUT2D eigenvalue weighted by molar-refractivity contribution is 1.80. The van der Waals surface area contributed by atoms with Crippen molar-refractivity contribution in [3.63, 3.8) is 0 Å². The summed E-state index contributed by atoms with van der Waals surface area (Å²) < 4.78 is 0. The number of hydrogen-bond acceptors (Lipinski definition) is 0. The molecule has 66 valence electrons. The first-order chi connectivity index (χ1) is 5.66. The molecule has 0 unspecified atom stereocenters. The van der Waals surface area contributed by atoms with E-state index >= 15 is 0 Å². The molecule has 0 rings (SSSR count). The minimum atomic E-state index is 1.65. The van der Waals surface area contributed by atoms with Gasteiger partial charge in [-0.05, 0) is 27.7 Å². The third-order valence-electron chi connectivity index (χ3n) is 0. The van der Waals surface area contributed by atoms with Gasteiger partial charge in [-0.15, -0.1) is 43.6 Å². The summed E-state index contributed by atoms with van der Waals surface area (Å²) in [6.45, 7) is 10.2. The molecule has 0 bridgehead atoms. The molecule has 0 aliphatic heterocycles. The zero-order chi connectivity index (χ0) is 10.8. The summed E-state index contributed by atoms with van der Waals surface area (Å²) in [4.78, 5) is 0. The first-order valence-corrected chi connectivity index (χ1v) is 3.35. The largest absolute Gasteiger partial charge is 0.120 e. The standard InChI is InChI=1S/C3H6.3C3H4/c4*1-3-2/h3H,1H2,2H3;3*1H,2H3. The molecule has 0 aromatic carbocycles. The van der Waals surface area contributed by atoms with Crippen LogP contribution in [-0.2, 0) is 0 Å². The van der Waals surface area contributed by atoms with Crippen LogP contribution in [0.15, 0.2) is 12.7 Å². The van der Waals surface area contributed by atoms with Crippen molar-refractivity contribution in [2.45, 2.75) is 27.7 Å². The Hall–Kier alpha value is -1.58. The van der Waals surface area contributed by atoms with Gasteiger partial charge in [-0.1, -0.05) is 6.08 Å². The zero-order valence-corrected chi connectivity index (χ0v) is 8.52. The van der Waals surface area contributed by atoms with Crippen LogP contribution >= 0.6 is 0 Å². The molecule has 0 aliphatic rings. The summed E-state index contributed by atoms with van der Waals surface area (Å²) in [5.74, 6) is 6.75. The van der Waals surface area contributed by atoms with Crippen LogP contribution in [0.3, 0.4) is 0 Å². The van der Waals surface area contributed by atoms with Crippen LogP contribution < -0.4 is 0 Å². The molecule has 0 aromatic rings. The lowest BCUT2D eigenvalue weighted by atomic mass is 10.8. The second-order valence-corrected chi connectivity index (χ2v) is 1.27. The van der Waals surface area contributed by atoms with Crippen LogP contribution in [-0.4, -0.2) is 0 Å². The minimum absolute atomic E-state index is 1.65. The van der Waals surface area contributed by atoms with Crippen molar-refractivity contribution >= 4 is 0 Å². The highest BCUT2D eigenvalue weighted by molar-refractivity contribution is 4.74. The summed E-state index contributed by atoms with van der Waals surface area (Å²) in [5, 5.41) is 0. The van der Waals surface area contributed by atoms with Crippen molar-refractivity contribution in [3.05, 3.63) is 12.7 Å². The van der Waals surface area contributed by atoms with Crippen LogP contribution in [0.1, 0.15) is 27.7 Å². The van der Waals surface area contributed by atoms with Gasteiger partial charge in [0.25, 0.3) is 0 Å². The van der Waals surface area contributed by atoms with Crippen molar-refractivity contribution in [1.82, 2.24) is 0 Å². The maximum absolute atomic E-state index is 4.60. The molecule has 0 heterocycles. The molecular weight excluding hydrogens is 144 g/mol. The molecule has 0 heteroatoms. The van der Waals surface area contributed by atoms with E-state index in [1.807, 2.05) is 6.92 Å². The molecule has 0 fully saturated rings. The third kappa shape index (κ3) is 186. The summed E-state index contributed by atoms with van der Waals surface area (Å²) in [6, 6.07) is 0. The molecule has 0 saturated heterocycles. The maximum Gasteiger partial charge on any atom is -0.00297 e. The first-order valence-electron chi connectivity index (χ1n) is 3.35. The van der Waals surface area contributed by atoms with Gasteiger partial charge in [0.1, 0.15) is 0 Å². The Labute approximate surface area is 78.1 Å². The Bertz CT molecular complexity index is 125. The Balaban J connectivity index is -0.0000000356. The number of rotatable bonds is 0. The van der Waals surface area contributed by atoms with E-state index < -0.39 is 0 Å². The van der Waals surface area contributed by atoms with Gasteiger partial charge < -0.3 is 0 Å². The Morgan fingerprint density at radius 1 is 0.917 bits per heavy atom. The molecule has 0 saturated carbocycles. The zero-order valence-electron chi connectivity index (χ0n) is 8.52. The van der Waals surface area contributed by atoms with E-state index in [9.17, 15) is 0 Å². The number of hydrogen-bond donors (Lipinski definition) is 0. The van der Waals surface area contributed by atoms with Crippen LogP contribution in [0.2, 0.25) is 0 Å². The van der Waals surface area contributed by atoms with Gasteiger partial charge in [0.15, 0.2) is 0 Å². The average molecular weight is 162 g/mol. The maximum atomic E-state index is 4.60. The van der Waals surface area contributed by atoms with Crippen LogP contribution in [0.4, 0.5) is 0 Å². The Morgan fingerprint density at radius 2 is 0.917 bits per heavy atom. The minimum Gasteiger partial charge on any atom is -0.120 e. The van der Waals surface area contributed by atoms with Crippen molar-refractivity contribution in [3.8, 4) is 37.0 Å². The predicted molar refractivity (Wildman–Crippen MR) is 59.4 cm³/mol. The van der Waals surface area contributed by atoms with Gasteiger partial charge >= 0.3 is 0 Å². The highest BCUT2D eigenvalue weighted by Crippen LogP contribution is 1.38. The molecule has 0 N–H and O–H groups in total. The van der Waals surface area contributed by atoms with Gasteiger partial charge in [-0.2, -0.15) is 0 Å². The SMILES string of the molecule is C#CC.C#CC.C#CC.C=CC. The summed E-state index contributed by atoms with van der Waals surface area (Å²) in [7, 11) is 0. The van der Waals surface area contributed by atoms with E-state index in [4.69, 9.17) is 0 Å². The van der Waals surface area contributed by atoms with Crippen LogP contribution in [0.25, 0.3) is 0 Å². The van der Waals surface area contributed by atoms with Crippen LogP contribution in [0.5, 0.6) is 0 Å². The summed E-state index contributed by atoms with van der Waals surface area (Å²) in [5.41, 5.74) is 0. The fourth-order valence-electron chi connectivity index (χ4n) is 0. The molecule has 12 heavy (non-hydrogen) atoms. The van der Waals surface area contributed by atoms with Crippen LogP contribution in [0, 0.1) is 37.0 Å². The van der Waals surface area contributed by atoms with Crippen molar-refractivity contribution in [1.29, 1.82) is 0 Å². The fourth-order valence-corrected chi connectivity index (χ4v) is 0. The molecule has 0 atom stereocenters. The van der Waals surface area contributed by atoms with Crippen molar-refractivity contribution in [2.75, 3.05) is 0 Å². The van der Waals surface area contributed by atoms with E-state index in [2.05, 4.69) is 43.6 Å². The molecule has 0 aromatic heterocycles. The average Bonchev–Trinajstić information content (AvgIpc) is 1.92. The van der Waals surface area contributed by atoms with E-state index in [1.165, 1.54) is 0 Å². The van der Waals surface area contributed by atoms with Crippen molar-refractivity contribution in [2.24, 2.45) is 0 Å². The predicted octanol–water partition coefficient (Wildman–Crippen LogP) is 3.11. The van der Waals surface area contributed by atoms with Crippen molar-refractivity contribution < 1.29 is 0 Å². The van der Waals surface area contributed by atoms with E-state index in [-0.39, 0.29) is 0 Å². The summed E-state index contributed by atoms with van der Waals surface area (Å²) in [6.07, 6.45) is 15.5. The van der Waals surface area contributed by atoms with Gasteiger partial charge in [0.2, 0.25) is 0 Å². The third-order valence-corrected chi connectivity index (χ3v) is 0. The molecule has 0 radical (unpaired) electrons. The lowest BCUT2D eigenvalue weighted by Gasteiger charge is -1.31. The topological polar surface area (TPSA) is 0 Å². The first kappa shape index (κ1) is 22.4. The van der Waals surface area contributed by atoms with Gasteiger partial charge in [0.05, 0.1) is 0 Å². The van der Waals surface area contributed by atoms with E-state index in [0.717, 1.165) is 0 Å². The molecule has 0 nitrogen and oxygen atoms in total. The fraction of sp³-hybridized carbons (Fsp3) is 0.333. The highest BCUT2D eigenvalue weighted by atomic mass is 13.2. The van der Waals surface area contributed by atoms with E-state index in [1.54, 1.807) is 26.8 Å². The normalized spacial score (nSPS) is 3.08. The second-order valence-electron chi connectivity index (χ2n) is 1.27. The lowest BCUT2D eigenvalue weighted by Crippen LogP contribution is -1.10. The Kier molecular flexibility index (Phi) is 213. The second kappa shape index (κ2) is 114. The highest BCUT2D eigenvalue weighted by Gasteiger charge is 1.15.